The Morgan fingerprint density at radius 1 is 1.32 bits per heavy atom. The molecule has 1 aliphatic rings. The molecule has 0 bridgehead atoms. The Labute approximate surface area is 131 Å². The molecule has 1 saturated heterocycles. The standard InChI is InChI=1S/C17H24N2O3/c1-13-6-9-19(10-7-13)11-8-16(20)18-15-5-3-4-14(12-15)17(21)22-2/h3-5,12-13H,6-11H2,1-2H3,(H,18,20). The predicted molar refractivity (Wildman–Crippen MR) is 85.9 cm³/mol. The first-order valence-electron chi connectivity index (χ1n) is 7.79. The van der Waals surface area contributed by atoms with Gasteiger partial charge in [-0.05, 0) is 50.0 Å². The summed E-state index contributed by atoms with van der Waals surface area (Å²) in [5.41, 5.74) is 1.06. The van der Waals surface area contributed by atoms with Crippen molar-refractivity contribution in [2.24, 2.45) is 5.92 Å². The summed E-state index contributed by atoms with van der Waals surface area (Å²) in [6.45, 7) is 5.21. The molecule has 120 valence electrons. The number of esters is 1. The van der Waals surface area contributed by atoms with E-state index in [1.807, 2.05) is 0 Å². The molecular weight excluding hydrogens is 280 g/mol. The van der Waals surface area contributed by atoms with E-state index in [-0.39, 0.29) is 5.91 Å². The fraction of sp³-hybridized carbons (Fsp3) is 0.529. The molecule has 22 heavy (non-hydrogen) atoms. The highest BCUT2D eigenvalue weighted by molar-refractivity contribution is 5.94. The third-order valence-corrected chi connectivity index (χ3v) is 4.10. The zero-order valence-electron chi connectivity index (χ0n) is 13.3. The number of carbonyl (C=O) groups is 2. The van der Waals surface area contributed by atoms with Crippen molar-refractivity contribution in [2.75, 3.05) is 32.1 Å². The van der Waals surface area contributed by atoms with Crippen LogP contribution in [0.15, 0.2) is 24.3 Å². The van der Waals surface area contributed by atoms with E-state index in [0.717, 1.165) is 25.6 Å². The monoisotopic (exact) mass is 304 g/mol. The SMILES string of the molecule is COC(=O)c1cccc(NC(=O)CCN2CCC(C)CC2)c1. The van der Waals surface area contributed by atoms with Gasteiger partial charge in [-0.3, -0.25) is 4.79 Å². The third-order valence-electron chi connectivity index (χ3n) is 4.10. The number of likely N-dealkylation sites (tertiary alicyclic amines) is 1. The average Bonchev–Trinajstić information content (AvgIpc) is 2.54. The van der Waals surface area contributed by atoms with Gasteiger partial charge >= 0.3 is 5.97 Å². The molecule has 1 aromatic carbocycles. The second-order valence-electron chi connectivity index (χ2n) is 5.89. The van der Waals surface area contributed by atoms with Crippen molar-refractivity contribution in [3.8, 4) is 0 Å². The minimum absolute atomic E-state index is 0.0272. The van der Waals surface area contributed by atoms with Crippen LogP contribution in [0.2, 0.25) is 0 Å². The van der Waals surface area contributed by atoms with E-state index in [4.69, 9.17) is 0 Å². The molecule has 5 nitrogen and oxygen atoms in total. The van der Waals surface area contributed by atoms with Crippen molar-refractivity contribution >= 4 is 17.6 Å². The Kier molecular flexibility index (Phi) is 5.95. The highest BCUT2D eigenvalue weighted by Crippen LogP contribution is 2.16. The first kappa shape index (κ1) is 16.5. The van der Waals surface area contributed by atoms with Gasteiger partial charge in [0.15, 0.2) is 0 Å². The van der Waals surface area contributed by atoms with Gasteiger partial charge in [-0.25, -0.2) is 4.79 Å². The minimum Gasteiger partial charge on any atom is -0.465 e. The summed E-state index contributed by atoms with van der Waals surface area (Å²) in [6.07, 6.45) is 2.89. The maximum atomic E-state index is 12.0. The number of carbonyl (C=O) groups excluding carboxylic acids is 2. The van der Waals surface area contributed by atoms with E-state index in [9.17, 15) is 9.59 Å². The van der Waals surface area contributed by atoms with Crippen LogP contribution in [0.3, 0.4) is 0 Å². The van der Waals surface area contributed by atoms with Gasteiger partial charge < -0.3 is 15.0 Å². The van der Waals surface area contributed by atoms with Crippen LogP contribution in [0.25, 0.3) is 0 Å². The molecule has 1 N–H and O–H groups in total. The van der Waals surface area contributed by atoms with Crippen molar-refractivity contribution < 1.29 is 14.3 Å². The molecule has 0 aromatic heterocycles. The topological polar surface area (TPSA) is 58.6 Å². The summed E-state index contributed by atoms with van der Waals surface area (Å²) in [6, 6.07) is 6.80. The highest BCUT2D eigenvalue weighted by atomic mass is 16.5. The van der Waals surface area contributed by atoms with Crippen molar-refractivity contribution in [1.29, 1.82) is 0 Å². The molecule has 0 radical (unpaired) electrons. The van der Waals surface area contributed by atoms with Gasteiger partial charge in [0.25, 0.3) is 0 Å². The number of hydrogen-bond donors (Lipinski definition) is 1. The number of rotatable bonds is 5. The fourth-order valence-corrected chi connectivity index (χ4v) is 2.61. The van der Waals surface area contributed by atoms with Crippen LogP contribution in [0.4, 0.5) is 5.69 Å². The van der Waals surface area contributed by atoms with Crippen LogP contribution in [0, 0.1) is 5.92 Å². The molecule has 5 heteroatoms. The molecule has 1 heterocycles. The summed E-state index contributed by atoms with van der Waals surface area (Å²) in [4.78, 5) is 25.8. The maximum absolute atomic E-state index is 12.0. The Bertz CT molecular complexity index is 522. The highest BCUT2D eigenvalue weighted by Gasteiger charge is 2.16. The lowest BCUT2D eigenvalue weighted by Crippen LogP contribution is -2.35. The van der Waals surface area contributed by atoms with Crippen molar-refractivity contribution in [3.05, 3.63) is 29.8 Å². The zero-order valence-corrected chi connectivity index (χ0v) is 13.3. The molecule has 1 fully saturated rings. The second kappa shape index (κ2) is 7.94. The fourth-order valence-electron chi connectivity index (χ4n) is 2.61. The lowest BCUT2D eigenvalue weighted by atomic mass is 9.99. The Morgan fingerprint density at radius 3 is 2.73 bits per heavy atom. The number of amides is 1. The van der Waals surface area contributed by atoms with E-state index in [1.165, 1.54) is 20.0 Å². The zero-order chi connectivity index (χ0) is 15.9. The lowest BCUT2D eigenvalue weighted by molar-refractivity contribution is -0.116. The van der Waals surface area contributed by atoms with Gasteiger partial charge in [0.05, 0.1) is 12.7 Å². The van der Waals surface area contributed by atoms with Crippen LogP contribution in [-0.4, -0.2) is 43.5 Å². The number of piperidine rings is 1. The van der Waals surface area contributed by atoms with Crippen molar-refractivity contribution in [1.82, 2.24) is 4.90 Å². The molecule has 0 aliphatic carbocycles. The van der Waals surface area contributed by atoms with Crippen LogP contribution < -0.4 is 5.32 Å². The average molecular weight is 304 g/mol. The number of hydrogen-bond acceptors (Lipinski definition) is 4. The molecular formula is C17H24N2O3. The van der Waals surface area contributed by atoms with E-state index in [0.29, 0.717) is 17.7 Å². The predicted octanol–water partition coefficient (Wildman–Crippen LogP) is 2.53. The number of benzene rings is 1. The smallest absolute Gasteiger partial charge is 0.337 e. The summed E-state index contributed by atoms with van der Waals surface area (Å²) < 4.78 is 4.67. The maximum Gasteiger partial charge on any atom is 0.337 e. The second-order valence-corrected chi connectivity index (χ2v) is 5.89. The van der Waals surface area contributed by atoms with Crippen LogP contribution in [0.5, 0.6) is 0 Å². The largest absolute Gasteiger partial charge is 0.465 e. The number of nitrogens with zero attached hydrogens (tertiary/aromatic N) is 1. The van der Waals surface area contributed by atoms with Crippen LogP contribution in [-0.2, 0) is 9.53 Å². The molecule has 2 rings (SSSR count). The Balaban J connectivity index is 1.80. The first-order valence-corrected chi connectivity index (χ1v) is 7.79. The van der Waals surface area contributed by atoms with E-state index < -0.39 is 5.97 Å². The van der Waals surface area contributed by atoms with Gasteiger partial charge in [-0.2, -0.15) is 0 Å². The molecule has 1 amide bonds. The summed E-state index contributed by atoms with van der Waals surface area (Å²) in [5, 5.41) is 2.84. The number of ether oxygens (including phenoxy) is 1. The quantitative estimate of drug-likeness (QED) is 0.849. The van der Waals surface area contributed by atoms with Gasteiger partial charge in [0.2, 0.25) is 5.91 Å². The first-order chi connectivity index (χ1) is 10.6. The molecule has 0 unspecified atom stereocenters. The Hall–Kier alpha value is -1.88. The van der Waals surface area contributed by atoms with Crippen molar-refractivity contribution in [2.45, 2.75) is 26.2 Å². The van der Waals surface area contributed by atoms with E-state index >= 15 is 0 Å². The molecule has 0 atom stereocenters. The van der Waals surface area contributed by atoms with Gasteiger partial charge in [0.1, 0.15) is 0 Å². The third kappa shape index (κ3) is 4.84. The molecule has 1 aliphatic heterocycles. The molecule has 1 aromatic rings. The number of methoxy groups -OCH3 is 1. The summed E-state index contributed by atoms with van der Waals surface area (Å²) in [7, 11) is 1.34. The number of nitrogens with one attached hydrogen (secondary N) is 1. The molecule has 0 saturated carbocycles. The van der Waals surface area contributed by atoms with Crippen molar-refractivity contribution in [3.63, 3.8) is 0 Å². The van der Waals surface area contributed by atoms with E-state index in [2.05, 4.69) is 21.9 Å². The summed E-state index contributed by atoms with van der Waals surface area (Å²) in [5.74, 6) is 0.366. The molecule has 0 spiro atoms. The van der Waals surface area contributed by atoms with Gasteiger partial charge in [0, 0.05) is 18.7 Å². The normalized spacial score (nSPS) is 16.3. The van der Waals surface area contributed by atoms with E-state index in [1.54, 1.807) is 24.3 Å². The van der Waals surface area contributed by atoms with Crippen LogP contribution >= 0.6 is 0 Å². The van der Waals surface area contributed by atoms with Gasteiger partial charge in [-0.15, -0.1) is 0 Å². The minimum atomic E-state index is -0.404. The summed E-state index contributed by atoms with van der Waals surface area (Å²) >= 11 is 0. The number of anilines is 1. The Morgan fingerprint density at radius 2 is 2.05 bits per heavy atom. The van der Waals surface area contributed by atoms with Crippen LogP contribution in [0.1, 0.15) is 36.5 Å². The van der Waals surface area contributed by atoms with Gasteiger partial charge in [-0.1, -0.05) is 13.0 Å². The lowest BCUT2D eigenvalue weighted by Gasteiger charge is -2.29.